The second-order valence-corrected chi connectivity index (χ2v) is 17.0. The zero-order valence-corrected chi connectivity index (χ0v) is 36.5. The van der Waals surface area contributed by atoms with Gasteiger partial charge in [-0.1, -0.05) is 78.9 Å². The lowest BCUT2D eigenvalue weighted by Gasteiger charge is -2.34. The van der Waals surface area contributed by atoms with Gasteiger partial charge in [0, 0.05) is 31.7 Å². The number of methoxy groups -OCH3 is 2. The molecule has 0 saturated carbocycles. The molecule has 3 saturated heterocycles. The van der Waals surface area contributed by atoms with Gasteiger partial charge in [-0.2, -0.15) is 0 Å². The number of nitrogens with one attached hydrogen (secondary N) is 4. The number of hydrogen-bond acceptors (Lipinski definition) is 9. The largest absolute Gasteiger partial charge is 0.453 e. The molecule has 342 valence electrons. The first-order chi connectivity index (χ1) is 32.0. The first-order valence-corrected chi connectivity index (χ1v) is 22.0. The molecule has 3 aliphatic heterocycles. The number of carbonyl (C=O) groups excluding carboxylic acids is 4. The maximum atomic E-state index is 15.0. The molecule has 3 aliphatic rings. The van der Waals surface area contributed by atoms with E-state index in [2.05, 4.69) is 55.9 Å². The Balaban J connectivity index is 0.882. The highest BCUT2D eigenvalue weighted by Crippen LogP contribution is 2.42. The van der Waals surface area contributed by atoms with Crippen molar-refractivity contribution >= 4 is 34.8 Å². The zero-order chi connectivity index (χ0) is 46.0. The van der Waals surface area contributed by atoms with Crippen molar-refractivity contribution in [1.82, 2.24) is 40.4 Å². The van der Waals surface area contributed by atoms with Crippen LogP contribution in [-0.2, 0) is 23.8 Å². The van der Waals surface area contributed by atoms with E-state index in [0.717, 1.165) is 56.5 Å². The highest BCUT2D eigenvalue weighted by molar-refractivity contribution is 5.91. The highest BCUT2D eigenvalue weighted by atomic mass is 19.3. The minimum atomic E-state index is -3.17. The Morgan fingerprint density at radius 1 is 0.712 bits per heavy atom. The van der Waals surface area contributed by atoms with E-state index in [4.69, 9.17) is 19.2 Å². The molecule has 17 heteroatoms. The highest BCUT2D eigenvalue weighted by Gasteiger charge is 2.50. The second-order valence-electron chi connectivity index (χ2n) is 17.0. The third kappa shape index (κ3) is 9.20. The van der Waals surface area contributed by atoms with Crippen molar-refractivity contribution in [2.45, 2.75) is 62.2 Å². The van der Waals surface area contributed by atoms with Crippen LogP contribution >= 0.6 is 0 Å². The van der Waals surface area contributed by atoms with Crippen LogP contribution in [0.2, 0.25) is 0 Å². The SMILES string of the molecule is COC(=O)N[C@H](C(=O)N1CCCC1c1ncc(-c2ccc3cc(-c4ccc(-c5cnc(C6CC(F)(F)CN6C(=O)[C@H](NC(=O)OC)c6ccccc6)[nH]5)cc4)ccc3c2)[nH]1)C1CCOCC1. The van der Waals surface area contributed by atoms with Crippen molar-refractivity contribution in [2.24, 2.45) is 5.92 Å². The van der Waals surface area contributed by atoms with Gasteiger partial charge in [-0.25, -0.2) is 28.3 Å². The van der Waals surface area contributed by atoms with Gasteiger partial charge in [0.2, 0.25) is 5.91 Å². The number of imidazole rings is 2. The number of hydrogen-bond donors (Lipinski definition) is 4. The number of amides is 4. The molecule has 66 heavy (non-hydrogen) atoms. The van der Waals surface area contributed by atoms with Gasteiger partial charge in [0.25, 0.3) is 11.8 Å². The minimum absolute atomic E-state index is 0.0514. The maximum Gasteiger partial charge on any atom is 0.407 e. The maximum absolute atomic E-state index is 15.0. The van der Waals surface area contributed by atoms with Crippen molar-refractivity contribution in [1.29, 1.82) is 0 Å². The average Bonchev–Trinajstić information content (AvgIpc) is 4.19. The van der Waals surface area contributed by atoms with Crippen LogP contribution in [0.5, 0.6) is 0 Å². The lowest BCUT2D eigenvalue weighted by atomic mass is 9.90. The fraction of sp³-hybridized carbons (Fsp3) is 0.347. The third-order valence-corrected chi connectivity index (χ3v) is 12.9. The Morgan fingerprint density at radius 3 is 1.98 bits per heavy atom. The molecular weight excluding hydrogens is 851 g/mol. The van der Waals surface area contributed by atoms with Crippen LogP contribution in [0, 0.1) is 5.92 Å². The summed E-state index contributed by atoms with van der Waals surface area (Å²) in [7, 11) is 2.46. The van der Waals surface area contributed by atoms with Crippen molar-refractivity contribution in [3.05, 3.63) is 121 Å². The van der Waals surface area contributed by atoms with E-state index >= 15 is 8.78 Å². The number of alkyl halides is 2. The van der Waals surface area contributed by atoms with Crippen LogP contribution in [0.25, 0.3) is 44.4 Å². The Kier molecular flexibility index (Phi) is 12.5. The number of H-pyrrole nitrogens is 2. The van der Waals surface area contributed by atoms with Gasteiger partial charge in [-0.3, -0.25) is 9.59 Å². The molecule has 3 fully saturated rings. The molecule has 0 radical (unpaired) electrons. The Morgan fingerprint density at radius 2 is 1.30 bits per heavy atom. The first kappa shape index (κ1) is 44.1. The number of aromatic amines is 2. The second kappa shape index (κ2) is 18.8. The molecule has 15 nitrogen and oxygen atoms in total. The normalized spacial score (nSPS) is 19.3. The zero-order valence-electron chi connectivity index (χ0n) is 36.5. The Bertz CT molecular complexity index is 2720. The fourth-order valence-corrected chi connectivity index (χ4v) is 9.42. The fourth-order valence-electron chi connectivity index (χ4n) is 9.42. The molecule has 4 atom stereocenters. The van der Waals surface area contributed by atoms with Crippen molar-refractivity contribution < 1.29 is 42.2 Å². The monoisotopic (exact) mass is 900 g/mol. The molecule has 9 rings (SSSR count). The number of alkyl carbamates (subject to hydrolysis) is 2. The molecule has 0 aliphatic carbocycles. The minimum Gasteiger partial charge on any atom is -0.453 e. The summed E-state index contributed by atoms with van der Waals surface area (Å²) in [6.45, 7) is 0.817. The van der Waals surface area contributed by atoms with E-state index in [0.29, 0.717) is 49.7 Å². The summed E-state index contributed by atoms with van der Waals surface area (Å²) >= 11 is 0. The quantitative estimate of drug-likeness (QED) is 0.0998. The summed E-state index contributed by atoms with van der Waals surface area (Å²) in [5, 5.41) is 7.37. The summed E-state index contributed by atoms with van der Waals surface area (Å²) in [6.07, 6.45) is 4.15. The molecule has 6 aromatic rings. The number of rotatable bonds is 11. The molecule has 4 amide bonds. The van der Waals surface area contributed by atoms with Gasteiger partial charge >= 0.3 is 12.2 Å². The molecular formula is C49H50F2N8O7. The summed E-state index contributed by atoms with van der Waals surface area (Å²) in [4.78, 5) is 71.2. The van der Waals surface area contributed by atoms with E-state index in [-0.39, 0.29) is 23.7 Å². The Hall–Kier alpha value is -7.14. The summed E-state index contributed by atoms with van der Waals surface area (Å²) < 4.78 is 45.2. The number of nitrogens with zero attached hydrogens (tertiary/aromatic N) is 4. The molecule has 2 aromatic heterocycles. The number of aromatic nitrogens is 4. The molecule has 5 heterocycles. The third-order valence-electron chi connectivity index (χ3n) is 12.9. The van der Waals surface area contributed by atoms with Crippen LogP contribution < -0.4 is 10.6 Å². The van der Waals surface area contributed by atoms with Gasteiger partial charge in [0.1, 0.15) is 23.7 Å². The van der Waals surface area contributed by atoms with Crippen LogP contribution in [-0.4, -0.2) is 106 Å². The number of likely N-dealkylation sites (tertiary alicyclic amines) is 2. The van der Waals surface area contributed by atoms with Gasteiger partial charge in [-0.15, -0.1) is 0 Å². The lowest BCUT2D eigenvalue weighted by molar-refractivity contribution is -0.137. The number of ether oxygens (including phenoxy) is 3. The number of fused-ring (bicyclic) bond motifs is 1. The van der Waals surface area contributed by atoms with Gasteiger partial charge in [0.05, 0.1) is 56.6 Å². The standard InChI is InChI=1S/C49H50F2N8O7/c1-64-47(62)56-41(31-7-4-3-5-8-31)46(61)59-28-49(50,51)25-40(59)44-53-26-37(54-44)30-12-10-29(11-13-30)33-14-15-35-24-36(17-16-34(35)23-33)38-27-52-43(55-38)39-9-6-20-58(39)45(60)42(57-48(63)65-2)32-18-21-66-22-19-32/h3-5,7-8,10-17,23-24,26-27,32,39-42H,6,9,18-22,25,28H2,1-2H3,(H,52,55)(H,53,54)(H,56,62)(H,57,63)/t39?,40?,41-,42+/m1/s1. The first-order valence-electron chi connectivity index (χ1n) is 22.0. The van der Waals surface area contributed by atoms with E-state index < -0.39 is 55.1 Å². The van der Waals surface area contributed by atoms with Crippen LogP contribution in [0.4, 0.5) is 18.4 Å². The van der Waals surface area contributed by atoms with Crippen LogP contribution in [0.15, 0.2) is 103 Å². The number of carbonyl (C=O) groups is 4. The molecule has 2 unspecified atom stereocenters. The van der Waals surface area contributed by atoms with Crippen molar-refractivity contribution in [3.8, 4) is 33.6 Å². The smallest absolute Gasteiger partial charge is 0.407 e. The van der Waals surface area contributed by atoms with Gasteiger partial charge < -0.3 is 44.6 Å². The number of benzene rings is 4. The van der Waals surface area contributed by atoms with Gasteiger partial charge in [0.15, 0.2) is 0 Å². The Labute approximate surface area is 379 Å². The van der Waals surface area contributed by atoms with Crippen molar-refractivity contribution in [2.75, 3.05) is 40.5 Å². The van der Waals surface area contributed by atoms with E-state index in [1.807, 2.05) is 35.2 Å². The average molecular weight is 901 g/mol. The summed E-state index contributed by atoms with van der Waals surface area (Å²) in [5.74, 6) is -3.15. The van der Waals surface area contributed by atoms with Crippen LogP contribution in [0.1, 0.15) is 67.4 Å². The molecule has 0 bridgehead atoms. The lowest BCUT2D eigenvalue weighted by Crippen LogP contribution is -2.53. The van der Waals surface area contributed by atoms with Crippen LogP contribution in [0.3, 0.4) is 0 Å². The van der Waals surface area contributed by atoms with E-state index in [1.54, 1.807) is 42.7 Å². The summed E-state index contributed by atoms with van der Waals surface area (Å²) in [6, 6.07) is 25.4. The predicted octanol–water partition coefficient (Wildman–Crippen LogP) is 8.11. The molecule has 0 spiro atoms. The van der Waals surface area contributed by atoms with Gasteiger partial charge in [-0.05, 0) is 76.8 Å². The molecule has 4 aromatic carbocycles. The predicted molar refractivity (Wildman–Crippen MR) is 240 cm³/mol. The molecule has 4 N–H and O–H groups in total. The number of halogens is 2. The van der Waals surface area contributed by atoms with E-state index in [9.17, 15) is 19.2 Å². The van der Waals surface area contributed by atoms with E-state index in [1.165, 1.54) is 14.2 Å². The topological polar surface area (TPSA) is 184 Å². The van der Waals surface area contributed by atoms with Crippen molar-refractivity contribution in [3.63, 3.8) is 0 Å². The summed E-state index contributed by atoms with van der Waals surface area (Å²) in [5.41, 5.74) is 5.55.